The number of rotatable bonds is 1. The number of nitrogens with zero attached hydrogens (tertiary/aromatic N) is 1. The first-order chi connectivity index (χ1) is 5.81. The minimum Gasteiger partial charge on any atom is -0.441 e. The van der Waals surface area contributed by atoms with E-state index in [1.54, 1.807) is 0 Å². The molecule has 1 heterocycles. The maximum absolute atomic E-state index is 5.49. The topological polar surface area (TPSA) is 26.0 Å². The van der Waals surface area contributed by atoms with Gasteiger partial charge >= 0.3 is 0 Å². The third-order valence-electron chi connectivity index (χ3n) is 1.97. The predicted molar refractivity (Wildman–Crippen MR) is 48.1 cm³/mol. The Labute approximate surface area is 71.2 Å². The van der Waals surface area contributed by atoms with Gasteiger partial charge in [0.25, 0.3) is 0 Å². The molecule has 62 valence electrons. The van der Waals surface area contributed by atoms with Gasteiger partial charge in [0.15, 0.2) is 11.5 Å². The summed E-state index contributed by atoms with van der Waals surface area (Å²) in [5.74, 6) is 0.819. The number of aryl methyl sites for hydroxylation is 2. The summed E-state index contributed by atoms with van der Waals surface area (Å²) in [5, 5.41) is 0. The predicted octanol–water partition coefficient (Wildman–Crippen LogP) is 2.70. The molecule has 0 amide bonds. The molecule has 2 rings (SSSR count). The Morgan fingerprint density at radius 3 is 2.92 bits per heavy atom. The molecule has 0 saturated heterocycles. The first kappa shape index (κ1) is 7.35. The fourth-order valence-corrected chi connectivity index (χ4v) is 1.28. The van der Waals surface area contributed by atoms with Crippen LogP contribution >= 0.6 is 0 Å². The Balaban J connectivity index is 2.74. The van der Waals surface area contributed by atoms with Crippen LogP contribution in [0.2, 0.25) is 0 Å². The zero-order chi connectivity index (χ0) is 8.55. The van der Waals surface area contributed by atoms with E-state index in [0.717, 1.165) is 23.4 Å². The molecule has 2 aromatic rings. The third-order valence-corrected chi connectivity index (χ3v) is 1.97. The van der Waals surface area contributed by atoms with Crippen LogP contribution in [0, 0.1) is 6.92 Å². The highest BCUT2D eigenvalue weighted by atomic mass is 16.3. The van der Waals surface area contributed by atoms with Gasteiger partial charge in [0.05, 0.1) is 0 Å². The van der Waals surface area contributed by atoms with Crippen molar-refractivity contribution < 1.29 is 4.42 Å². The van der Waals surface area contributed by atoms with E-state index in [9.17, 15) is 0 Å². The Hall–Kier alpha value is -1.31. The molecule has 0 spiro atoms. The Bertz CT molecular complexity index is 403. The highest BCUT2D eigenvalue weighted by molar-refractivity contribution is 5.76. The van der Waals surface area contributed by atoms with E-state index in [1.807, 2.05) is 32.0 Å². The van der Waals surface area contributed by atoms with Crippen LogP contribution in [0.5, 0.6) is 0 Å². The lowest BCUT2D eigenvalue weighted by molar-refractivity contribution is 0.538. The standard InChI is InChI=1S/C10H11NO/c1-3-9-11-10-7(2)5-4-6-8(10)12-9/h4-6H,3H2,1-2H3. The van der Waals surface area contributed by atoms with Gasteiger partial charge in [-0.2, -0.15) is 0 Å². The molecule has 0 unspecified atom stereocenters. The van der Waals surface area contributed by atoms with Gasteiger partial charge in [-0.15, -0.1) is 0 Å². The van der Waals surface area contributed by atoms with Crippen LogP contribution in [0.4, 0.5) is 0 Å². The smallest absolute Gasteiger partial charge is 0.195 e. The number of para-hydroxylation sites is 1. The van der Waals surface area contributed by atoms with Crippen LogP contribution in [0.3, 0.4) is 0 Å². The van der Waals surface area contributed by atoms with Crippen LogP contribution in [0.25, 0.3) is 11.1 Å². The van der Waals surface area contributed by atoms with Gasteiger partial charge in [0.2, 0.25) is 0 Å². The molecule has 0 saturated carbocycles. The summed E-state index contributed by atoms with van der Waals surface area (Å²) >= 11 is 0. The quantitative estimate of drug-likeness (QED) is 0.642. The van der Waals surface area contributed by atoms with Crippen LogP contribution in [0.1, 0.15) is 18.4 Å². The van der Waals surface area contributed by atoms with E-state index in [4.69, 9.17) is 4.42 Å². The van der Waals surface area contributed by atoms with Crippen molar-refractivity contribution >= 4 is 11.1 Å². The van der Waals surface area contributed by atoms with E-state index in [-0.39, 0.29) is 0 Å². The van der Waals surface area contributed by atoms with Crippen molar-refractivity contribution in [3.05, 3.63) is 29.7 Å². The van der Waals surface area contributed by atoms with Crippen molar-refractivity contribution in [1.29, 1.82) is 0 Å². The summed E-state index contributed by atoms with van der Waals surface area (Å²) in [6, 6.07) is 5.99. The maximum atomic E-state index is 5.49. The molecule has 1 aromatic carbocycles. The van der Waals surface area contributed by atoms with E-state index in [0.29, 0.717) is 0 Å². The minimum absolute atomic E-state index is 0.819. The van der Waals surface area contributed by atoms with Crippen molar-refractivity contribution in [3.8, 4) is 0 Å². The fourth-order valence-electron chi connectivity index (χ4n) is 1.28. The molecule has 12 heavy (non-hydrogen) atoms. The lowest BCUT2D eigenvalue weighted by Crippen LogP contribution is -1.77. The lowest BCUT2D eigenvalue weighted by atomic mass is 10.2. The molecule has 0 aliphatic heterocycles. The summed E-state index contributed by atoms with van der Waals surface area (Å²) < 4.78 is 5.49. The molecule has 0 radical (unpaired) electrons. The van der Waals surface area contributed by atoms with E-state index >= 15 is 0 Å². The number of hydrogen-bond acceptors (Lipinski definition) is 2. The molecule has 0 aliphatic carbocycles. The van der Waals surface area contributed by atoms with E-state index in [1.165, 1.54) is 5.56 Å². The summed E-state index contributed by atoms with van der Waals surface area (Å²) in [6.07, 6.45) is 0.855. The first-order valence-electron chi connectivity index (χ1n) is 4.16. The molecule has 0 aliphatic rings. The average Bonchev–Trinajstić information content (AvgIpc) is 2.49. The highest BCUT2D eigenvalue weighted by Gasteiger charge is 2.04. The molecular formula is C10H11NO. The van der Waals surface area contributed by atoms with Crippen molar-refractivity contribution in [1.82, 2.24) is 4.98 Å². The molecule has 0 N–H and O–H groups in total. The van der Waals surface area contributed by atoms with Gasteiger partial charge in [0, 0.05) is 6.42 Å². The second-order valence-corrected chi connectivity index (χ2v) is 2.88. The highest BCUT2D eigenvalue weighted by Crippen LogP contribution is 2.18. The van der Waals surface area contributed by atoms with Gasteiger partial charge in [-0.25, -0.2) is 4.98 Å². The Morgan fingerprint density at radius 2 is 2.25 bits per heavy atom. The normalized spacial score (nSPS) is 10.8. The Kier molecular flexibility index (Phi) is 1.61. The number of fused-ring (bicyclic) bond motifs is 1. The van der Waals surface area contributed by atoms with Crippen molar-refractivity contribution in [3.63, 3.8) is 0 Å². The third kappa shape index (κ3) is 0.998. The first-order valence-corrected chi connectivity index (χ1v) is 4.16. The van der Waals surface area contributed by atoms with Crippen molar-refractivity contribution in [2.75, 3.05) is 0 Å². The summed E-state index contributed by atoms with van der Waals surface area (Å²) in [6.45, 7) is 4.09. The van der Waals surface area contributed by atoms with Gasteiger partial charge in [0.1, 0.15) is 5.52 Å². The molecule has 2 heteroatoms. The molecule has 1 aromatic heterocycles. The number of hydrogen-bond donors (Lipinski definition) is 0. The van der Waals surface area contributed by atoms with Gasteiger partial charge in [-0.3, -0.25) is 0 Å². The van der Waals surface area contributed by atoms with Gasteiger partial charge in [-0.05, 0) is 18.6 Å². The number of aromatic nitrogens is 1. The van der Waals surface area contributed by atoms with E-state index < -0.39 is 0 Å². The zero-order valence-electron chi connectivity index (χ0n) is 7.29. The molecule has 0 bridgehead atoms. The summed E-state index contributed by atoms with van der Waals surface area (Å²) in [5.41, 5.74) is 3.07. The van der Waals surface area contributed by atoms with Gasteiger partial charge < -0.3 is 4.42 Å². The molecule has 0 fully saturated rings. The second-order valence-electron chi connectivity index (χ2n) is 2.88. The van der Waals surface area contributed by atoms with Crippen LogP contribution < -0.4 is 0 Å². The molecule has 0 atom stereocenters. The van der Waals surface area contributed by atoms with Crippen molar-refractivity contribution in [2.45, 2.75) is 20.3 Å². The lowest BCUT2D eigenvalue weighted by Gasteiger charge is -1.88. The average molecular weight is 161 g/mol. The maximum Gasteiger partial charge on any atom is 0.195 e. The number of benzene rings is 1. The summed E-state index contributed by atoms with van der Waals surface area (Å²) in [7, 11) is 0. The van der Waals surface area contributed by atoms with Crippen molar-refractivity contribution in [2.24, 2.45) is 0 Å². The minimum atomic E-state index is 0.819. The second kappa shape index (κ2) is 2.63. The van der Waals surface area contributed by atoms with Gasteiger partial charge in [-0.1, -0.05) is 19.1 Å². The van der Waals surface area contributed by atoms with Crippen LogP contribution in [0.15, 0.2) is 22.6 Å². The number of oxazole rings is 1. The largest absolute Gasteiger partial charge is 0.441 e. The molecular weight excluding hydrogens is 150 g/mol. The monoisotopic (exact) mass is 161 g/mol. The van der Waals surface area contributed by atoms with E-state index in [2.05, 4.69) is 4.98 Å². The SMILES string of the molecule is CCc1nc2c(C)cccc2o1. The molecule has 2 nitrogen and oxygen atoms in total. The summed E-state index contributed by atoms with van der Waals surface area (Å²) in [4.78, 5) is 4.36. The fraction of sp³-hybridized carbons (Fsp3) is 0.300. The Morgan fingerprint density at radius 1 is 1.42 bits per heavy atom. The van der Waals surface area contributed by atoms with Crippen LogP contribution in [-0.4, -0.2) is 4.98 Å². The zero-order valence-corrected chi connectivity index (χ0v) is 7.29. The van der Waals surface area contributed by atoms with Crippen LogP contribution in [-0.2, 0) is 6.42 Å².